The van der Waals surface area contributed by atoms with E-state index in [0.29, 0.717) is 0 Å². The minimum Gasteiger partial charge on any atom is -0.497 e. The number of amides is 1. The molecule has 0 aliphatic carbocycles. The van der Waals surface area contributed by atoms with Crippen molar-refractivity contribution < 1.29 is 9.53 Å². The minimum absolute atomic E-state index is 0.216. The fourth-order valence-electron chi connectivity index (χ4n) is 1.85. The number of carbonyl (C=O) groups excluding carboxylic acids is 1. The molecular weight excluding hydrogens is 358 g/mol. The third kappa shape index (κ3) is 5.41. The van der Waals surface area contributed by atoms with Gasteiger partial charge in [0.05, 0.1) is 13.3 Å². The van der Waals surface area contributed by atoms with E-state index in [1.807, 2.05) is 48.5 Å². The third-order valence-corrected chi connectivity index (χ3v) is 3.63. The third-order valence-electron chi connectivity index (χ3n) is 3.10. The zero-order valence-corrected chi connectivity index (χ0v) is 14.5. The number of ether oxygens (including phenoxy) is 1. The van der Waals surface area contributed by atoms with E-state index in [0.717, 1.165) is 21.5 Å². The van der Waals surface area contributed by atoms with E-state index in [1.54, 1.807) is 20.2 Å². The fourth-order valence-corrected chi connectivity index (χ4v) is 2.12. The molecule has 23 heavy (non-hydrogen) atoms. The second-order valence-corrected chi connectivity index (χ2v) is 5.80. The van der Waals surface area contributed by atoms with Crippen LogP contribution in [-0.4, -0.2) is 25.3 Å². The van der Waals surface area contributed by atoms with Gasteiger partial charge in [-0.3, -0.25) is 4.79 Å². The molecule has 0 aliphatic heterocycles. The SMILES string of the molecule is COc1cccc(/C=N/NC(=O)C(C)Nc2ccc(Br)cc2)c1. The molecule has 0 fully saturated rings. The summed E-state index contributed by atoms with van der Waals surface area (Å²) in [6.07, 6.45) is 1.58. The Morgan fingerprint density at radius 3 is 2.70 bits per heavy atom. The molecule has 0 bridgehead atoms. The van der Waals surface area contributed by atoms with Crippen molar-refractivity contribution in [3.63, 3.8) is 0 Å². The number of anilines is 1. The lowest BCUT2D eigenvalue weighted by Crippen LogP contribution is -2.34. The molecule has 0 aromatic heterocycles. The zero-order chi connectivity index (χ0) is 16.7. The van der Waals surface area contributed by atoms with Crippen LogP contribution in [0.25, 0.3) is 0 Å². The summed E-state index contributed by atoms with van der Waals surface area (Å²) < 4.78 is 6.12. The Morgan fingerprint density at radius 1 is 1.26 bits per heavy atom. The molecule has 120 valence electrons. The molecule has 2 aromatic carbocycles. The molecule has 1 amide bonds. The predicted octanol–water partition coefficient (Wildman–Crippen LogP) is 3.41. The maximum absolute atomic E-state index is 12.0. The Bertz CT molecular complexity index is 686. The van der Waals surface area contributed by atoms with Gasteiger partial charge in [0, 0.05) is 10.2 Å². The summed E-state index contributed by atoms with van der Waals surface area (Å²) >= 11 is 3.37. The van der Waals surface area contributed by atoms with Gasteiger partial charge >= 0.3 is 0 Å². The first-order valence-corrected chi connectivity index (χ1v) is 7.87. The number of carbonyl (C=O) groups is 1. The van der Waals surface area contributed by atoms with Crippen LogP contribution in [0.15, 0.2) is 58.1 Å². The highest BCUT2D eigenvalue weighted by molar-refractivity contribution is 9.10. The van der Waals surface area contributed by atoms with Gasteiger partial charge in [0.2, 0.25) is 0 Å². The van der Waals surface area contributed by atoms with Crippen molar-refractivity contribution in [3.8, 4) is 5.75 Å². The van der Waals surface area contributed by atoms with Crippen molar-refractivity contribution >= 4 is 33.7 Å². The van der Waals surface area contributed by atoms with Gasteiger partial charge < -0.3 is 10.1 Å². The van der Waals surface area contributed by atoms with Gasteiger partial charge in [-0.15, -0.1) is 0 Å². The molecular formula is C17H18BrN3O2. The first kappa shape index (κ1) is 17.0. The first-order chi connectivity index (χ1) is 11.1. The molecule has 0 saturated carbocycles. The van der Waals surface area contributed by atoms with Crippen molar-refractivity contribution in [1.82, 2.24) is 5.43 Å². The standard InChI is InChI=1S/C17H18BrN3O2/c1-12(20-15-8-6-14(18)7-9-15)17(22)21-19-11-13-4-3-5-16(10-13)23-2/h3-12,20H,1-2H3,(H,21,22)/b19-11+. The molecule has 5 nitrogen and oxygen atoms in total. The molecule has 1 atom stereocenters. The Kier molecular flexibility index (Phi) is 6.17. The van der Waals surface area contributed by atoms with Crippen molar-refractivity contribution in [1.29, 1.82) is 0 Å². The van der Waals surface area contributed by atoms with Crippen LogP contribution in [0.4, 0.5) is 5.69 Å². The highest BCUT2D eigenvalue weighted by Gasteiger charge is 2.11. The number of hydrazone groups is 1. The van der Waals surface area contributed by atoms with Crippen molar-refractivity contribution in [3.05, 3.63) is 58.6 Å². The van der Waals surface area contributed by atoms with E-state index in [4.69, 9.17) is 4.74 Å². The maximum atomic E-state index is 12.0. The molecule has 0 heterocycles. The summed E-state index contributed by atoms with van der Waals surface area (Å²) in [4.78, 5) is 12.0. The number of benzene rings is 2. The van der Waals surface area contributed by atoms with Gasteiger partial charge in [0.25, 0.3) is 5.91 Å². The second-order valence-electron chi connectivity index (χ2n) is 4.88. The number of rotatable bonds is 6. The number of hydrogen-bond donors (Lipinski definition) is 2. The van der Waals surface area contributed by atoms with Gasteiger partial charge in [-0.05, 0) is 48.9 Å². The number of halogens is 1. The van der Waals surface area contributed by atoms with Gasteiger partial charge in [0.15, 0.2) is 0 Å². The molecule has 2 aromatic rings. The van der Waals surface area contributed by atoms with Crippen molar-refractivity contribution in [2.75, 3.05) is 12.4 Å². The van der Waals surface area contributed by atoms with Crippen LogP contribution in [0.1, 0.15) is 12.5 Å². The summed E-state index contributed by atoms with van der Waals surface area (Å²) in [5.74, 6) is 0.526. The lowest BCUT2D eigenvalue weighted by Gasteiger charge is -2.13. The van der Waals surface area contributed by atoms with Gasteiger partial charge in [0.1, 0.15) is 11.8 Å². The Hall–Kier alpha value is -2.34. The monoisotopic (exact) mass is 375 g/mol. The second kappa shape index (κ2) is 8.33. The van der Waals surface area contributed by atoms with E-state index >= 15 is 0 Å². The Balaban J connectivity index is 1.88. The number of methoxy groups -OCH3 is 1. The van der Waals surface area contributed by atoms with E-state index < -0.39 is 6.04 Å². The van der Waals surface area contributed by atoms with Gasteiger partial charge in [-0.1, -0.05) is 28.1 Å². The summed E-state index contributed by atoms with van der Waals surface area (Å²) in [6, 6.07) is 14.6. The lowest BCUT2D eigenvalue weighted by molar-refractivity contribution is -0.121. The van der Waals surface area contributed by atoms with Crippen LogP contribution < -0.4 is 15.5 Å². The quantitative estimate of drug-likeness (QED) is 0.600. The topological polar surface area (TPSA) is 62.7 Å². The van der Waals surface area contributed by atoms with Crippen molar-refractivity contribution in [2.24, 2.45) is 5.10 Å². The first-order valence-electron chi connectivity index (χ1n) is 7.07. The van der Waals surface area contributed by atoms with Crippen LogP contribution in [0.2, 0.25) is 0 Å². The van der Waals surface area contributed by atoms with Crippen LogP contribution in [0.5, 0.6) is 5.75 Å². The number of hydrogen-bond acceptors (Lipinski definition) is 4. The molecule has 2 rings (SSSR count). The van der Waals surface area contributed by atoms with Gasteiger partial charge in [-0.2, -0.15) is 5.10 Å². The smallest absolute Gasteiger partial charge is 0.262 e. The molecule has 0 radical (unpaired) electrons. The Labute approximate surface area is 143 Å². The summed E-state index contributed by atoms with van der Waals surface area (Å²) in [5.41, 5.74) is 4.23. The predicted molar refractivity (Wildman–Crippen MR) is 96.0 cm³/mol. The van der Waals surface area contributed by atoms with E-state index in [1.165, 1.54) is 0 Å². The molecule has 0 saturated heterocycles. The molecule has 0 spiro atoms. The fraction of sp³-hybridized carbons (Fsp3) is 0.176. The maximum Gasteiger partial charge on any atom is 0.262 e. The highest BCUT2D eigenvalue weighted by atomic mass is 79.9. The average Bonchev–Trinajstić information content (AvgIpc) is 2.57. The van der Waals surface area contributed by atoms with E-state index in [9.17, 15) is 4.79 Å². The highest BCUT2D eigenvalue weighted by Crippen LogP contribution is 2.15. The van der Waals surface area contributed by atoms with Crippen LogP contribution in [0, 0.1) is 0 Å². The summed E-state index contributed by atoms with van der Waals surface area (Å²) in [5, 5.41) is 7.08. The molecule has 2 N–H and O–H groups in total. The van der Waals surface area contributed by atoms with E-state index in [-0.39, 0.29) is 5.91 Å². The van der Waals surface area contributed by atoms with Gasteiger partial charge in [-0.25, -0.2) is 5.43 Å². The summed E-state index contributed by atoms with van der Waals surface area (Å²) in [6.45, 7) is 1.78. The number of nitrogens with one attached hydrogen (secondary N) is 2. The Morgan fingerprint density at radius 2 is 2.00 bits per heavy atom. The molecule has 0 aliphatic rings. The van der Waals surface area contributed by atoms with Crippen molar-refractivity contribution in [2.45, 2.75) is 13.0 Å². The molecule has 1 unspecified atom stereocenters. The lowest BCUT2D eigenvalue weighted by atomic mass is 10.2. The van der Waals surface area contributed by atoms with Crippen LogP contribution in [0.3, 0.4) is 0 Å². The zero-order valence-electron chi connectivity index (χ0n) is 12.9. The molecule has 6 heteroatoms. The largest absolute Gasteiger partial charge is 0.497 e. The van der Waals surface area contributed by atoms with E-state index in [2.05, 4.69) is 31.8 Å². The minimum atomic E-state index is -0.404. The average molecular weight is 376 g/mol. The van der Waals surface area contributed by atoms with Crippen LogP contribution in [-0.2, 0) is 4.79 Å². The normalized spacial score (nSPS) is 12.0. The number of nitrogens with zero attached hydrogens (tertiary/aromatic N) is 1. The summed E-state index contributed by atoms with van der Waals surface area (Å²) in [7, 11) is 1.60. The van der Waals surface area contributed by atoms with Crippen LogP contribution >= 0.6 is 15.9 Å².